The summed E-state index contributed by atoms with van der Waals surface area (Å²) < 4.78 is 24.1. The monoisotopic (exact) mass is 357 g/mol. The van der Waals surface area contributed by atoms with E-state index in [-0.39, 0.29) is 23.8 Å². The fraction of sp³-hybridized carbons (Fsp3) is 0.267. The van der Waals surface area contributed by atoms with Crippen molar-refractivity contribution in [2.45, 2.75) is 18.7 Å². The maximum atomic E-state index is 12.0. The molecule has 1 heterocycles. The molecule has 0 aliphatic heterocycles. The summed E-state index contributed by atoms with van der Waals surface area (Å²) in [6, 6.07) is 10.6. The summed E-state index contributed by atoms with van der Waals surface area (Å²) in [6.07, 6.45) is -0.0335. The fourth-order valence-corrected chi connectivity index (χ4v) is 4.07. The molecule has 0 saturated carbocycles. The van der Waals surface area contributed by atoms with Crippen molar-refractivity contribution in [2.75, 3.05) is 5.75 Å². The van der Waals surface area contributed by atoms with Gasteiger partial charge in [0.1, 0.15) is 0 Å². The van der Waals surface area contributed by atoms with Crippen molar-refractivity contribution < 1.29 is 13.2 Å². The van der Waals surface area contributed by atoms with Gasteiger partial charge in [-0.3, -0.25) is 4.79 Å². The predicted octanol–water partition coefficient (Wildman–Crippen LogP) is 3.02. The molecule has 0 unspecified atom stereocenters. The number of rotatable bonds is 7. The Labute approximate surface area is 139 Å². The van der Waals surface area contributed by atoms with E-state index in [0.29, 0.717) is 17.1 Å². The Morgan fingerprint density at radius 3 is 2.73 bits per heavy atom. The number of hydrogen-bond acceptors (Lipinski definition) is 4. The first-order valence-corrected chi connectivity index (χ1v) is 9.76. The minimum Gasteiger partial charge on any atom is -0.351 e. The Hall–Kier alpha value is -1.37. The second kappa shape index (κ2) is 7.76. The summed E-state index contributed by atoms with van der Waals surface area (Å²) >= 11 is 7.38. The minimum absolute atomic E-state index is 0.0335. The van der Waals surface area contributed by atoms with Gasteiger partial charge < -0.3 is 5.32 Å². The number of thiophene rings is 1. The highest BCUT2D eigenvalue weighted by molar-refractivity contribution is 7.90. The van der Waals surface area contributed by atoms with Crippen LogP contribution in [-0.4, -0.2) is 20.1 Å². The molecule has 0 atom stereocenters. The number of nitrogens with one attached hydrogen (secondary N) is 1. The highest BCUT2D eigenvalue weighted by atomic mass is 35.5. The summed E-state index contributed by atoms with van der Waals surface area (Å²) in [5, 5.41) is 5.15. The van der Waals surface area contributed by atoms with Crippen LogP contribution in [0.5, 0.6) is 0 Å². The van der Waals surface area contributed by atoms with Crippen LogP contribution in [0.3, 0.4) is 0 Å². The van der Waals surface area contributed by atoms with Crippen LogP contribution < -0.4 is 5.32 Å². The lowest BCUT2D eigenvalue weighted by Gasteiger charge is -2.06. The van der Waals surface area contributed by atoms with Gasteiger partial charge in [0.05, 0.1) is 18.1 Å². The van der Waals surface area contributed by atoms with Crippen LogP contribution in [0, 0.1) is 0 Å². The minimum atomic E-state index is -3.34. The van der Waals surface area contributed by atoms with Crippen LogP contribution in [0.4, 0.5) is 0 Å². The zero-order valence-electron chi connectivity index (χ0n) is 11.8. The molecule has 0 aliphatic rings. The Bertz CT molecular complexity index is 727. The van der Waals surface area contributed by atoms with Gasteiger partial charge in [-0.15, -0.1) is 11.3 Å². The number of carbonyl (C=O) groups excluding carboxylic acids is 1. The van der Waals surface area contributed by atoms with Crippen LogP contribution in [0.2, 0.25) is 5.02 Å². The van der Waals surface area contributed by atoms with Crippen LogP contribution in [0.1, 0.15) is 16.9 Å². The molecule has 1 aromatic carbocycles. The number of carbonyl (C=O) groups is 1. The average molecular weight is 358 g/mol. The standard InChI is InChI=1S/C15H16ClNO3S2/c16-13-4-1-3-12(9-13)11-22(19,20)8-6-15(18)17-10-14-5-2-7-21-14/h1-5,7,9H,6,8,10-11H2,(H,17,18). The van der Waals surface area contributed by atoms with Crippen molar-refractivity contribution >= 4 is 38.7 Å². The summed E-state index contributed by atoms with van der Waals surface area (Å²) in [5.41, 5.74) is 0.631. The van der Waals surface area contributed by atoms with Gasteiger partial charge in [-0.25, -0.2) is 8.42 Å². The summed E-state index contributed by atoms with van der Waals surface area (Å²) in [7, 11) is -3.34. The molecule has 22 heavy (non-hydrogen) atoms. The molecule has 0 spiro atoms. The van der Waals surface area contributed by atoms with Crippen LogP contribution in [0.25, 0.3) is 0 Å². The van der Waals surface area contributed by atoms with Gasteiger partial charge in [-0.1, -0.05) is 29.8 Å². The van der Waals surface area contributed by atoms with Crippen molar-refractivity contribution in [3.05, 3.63) is 57.2 Å². The third-order valence-corrected chi connectivity index (χ3v) is 5.67. The maximum absolute atomic E-state index is 12.0. The van der Waals surface area contributed by atoms with Crippen LogP contribution in [0.15, 0.2) is 41.8 Å². The number of amides is 1. The average Bonchev–Trinajstić information content (AvgIpc) is 2.96. The number of benzene rings is 1. The molecule has 0 fully saturated rings. The van der Waals surface area contributed by atoms with Crippen LogP contribution >= 0.6 is 22.9 Å². The second-order valence-corrected chi connectivity index (χ2v) is 8.48. The van der Waals surface area contributed by atoms with E-state index in [2.05, 4.69) is 5.32 Å². The molecule has 118 valence electrons. The Kier molecular flexibility index (Phi) is 5.99. The van der Waals surface area contributed by atoms with E-state index in [1.54, 1.807) is 35.6 Å². The molecule has 4 nitrogen and oxygen atoms in total. The topological polar surface area (TPSA) is 63.2 Å². The highest BCUT2D eigenvalue weighted by Crippen LogP contribution is 2.14. The molecule has 7 heteroatoms. The smallest absolute Gasteiger partial charge is 0.221 e. The molecule has 1 N–H and O–H groups in total. The zero-order chi connectivity index (χ0) is 16.0. The lowest BCUT2D eigenvalue weighted by molar-refractivity contribution is -0.120. The summed E-state index contributed by atoms with van der Waals surface area (Å²) in [6.45, 7) is 0.435. The van der Waals surface area contributed by atoms with Gasteiger partial charge in [-0.05, 0) is 29.1 Å². The number of halogens is 1. The first-order valence-electron chi connectivity index (χ1n) is 6.68. The SMILES string of the molecule is O=C(CCS(=O)(=O)Cc1cccc(Cl)c1)NCc1cccs1. The number of sulfone groups is 1. The molecular weight excluding hydrogens is 342 g/mol. The van der Waals surface area contributed by atoms with Gasteiger partial charge >= 0.3 is 0 Å². The van der Waals surface area contributed by atoms with E-state index < -0.39 is 9.84 Å². The maximum Gasteiger partial charge on any atom is 0.221 e. The molecule has 1 aromatic heterocycles. The molecule has 0 bridgehead atoms. The normalized spacial score (nSPS) is 11.3. The molecule has 1 amide bonds. The largest absolute Gasteiger partial charge is 0.351 e. The first kappa shape index (κ1) is 17.0. The predicted molar refractivity (Wildman–Crippen MR) is 89.7 cm³/mol. The van der Waals surface area contributed by atoms with Crippen molar-refractivity contribution in [1.29, 1.82) is 0 Å². The Morgan fingerprint density at radius 1 is 1.23 bits per heavy atom. The third kappa shape index (κ3) is 5.79. The van der Waals surface area contributed by atoms with Crippen molar-refractivity contribution in [2.24, 2.45) is 0 Å². The van der Waals surface area contributed by atoms with Gasteiger partial charge in [0.2, 0.25) is 5.91 Å². The van der Waals surface area contributed by atoms with Gasteiger partial charge in [-0.2, -0.15) is 0 Å². The lowest BCUT2D eigenvalue weighted by atomic mass is 10.2. The van der Waals surface area contributed by atoms with E-state index in [4.69, 9.17) is 11.6 Å². The number of hydrogen-bond donors (Lipinski definition) is 1. The van der Waals surface area contributed by atoms with Crippen LogP contribution in [-0.2, 0) is 26.9 Å². The Balaban J connectivity index is 1.80. The van der Waals surface area contributed by atoms with Crippen molar-refractivity contribution in [1.82, 2.24) is 5.32 Å². The lowest BCUT2D eigenvalue weighted by Crippen LogP contribution is -2.25. The first-order chi connectivity index (χ1) is 10.4. The molecule has 0 aliphatic carbocycles. The van der Waals surface area contributed by atoms with Crippen molar-refractivity contribution in [3.8, 4) is 0 Å². The fourth-order valence-electron chi connectivity index (χ4n) is 1.89. The molecular formula is C15H16ClNO3S2. The second-order valence-electron chi connectivity index (χ2n) is 4.83. The van der Waals surface area contributed by atoms with Gasteiger partial charge in [0.25, 0.3) is 0 Å². The van der Waals surface area contributed by atoms with E-state index in [0.717, 1.165) is 4.88 Å². The van der Waals surface area contributed by atoms with Crippen molar-refractivity contribution in [3.63, 3.8) is 0 Å². The summed E-state index contributed by atoms with van der Waals surface area (Å²) in [5.74, 6) is -0.537. The Morgan fingerprint density at radius 2 is 2.05 bits per heavy atom. The summed E-state index contributed by atoms with van der Waals surface area (Å²) in [4.78, 5) is 12.7. The van der Waals surface area contributed by atoms with E-state index in [1.807, 2.05) is 17.5 Å². The van der Waals surface area contributed by atoms with E-state index >= 15 is 0 Å². The highest BCUT2D eigenvalue weighted by Gasteiger charge is 2.14. The van der Waals surface area contributed by atoms with Gasteiger partial charge in [0.15, 0.2) is 9.84 Å². The molecule has 2 aromatic rings. The third-order valence-electron chi connectivity index (χ3n) is 2.96. The van der Waals surface area contributed by atoms with E-state index in [9.17, 15) is 13.2 Å². The van der Waals surface area contributed by atoms with E-state index in [1.165, 1.54) is 0 Å². The quantitative estimate of drug-likeness (QED) is 0.828. The molecule has 0 radical (unpaired) electrons. The molecule has 2 rings (SSSR count). The zero-order valence-corrected chi connectivity index (χ0v) is 14.2. The molecule has 0 saturated heterocycles. The van der Waals surface area contributed by atoms with Gasteiger partial charge in [0, 0.05) is 16.3 Å².